The summed E-state index contributed by atoms with van der Waals surface area (Å²) < 4.78 is 5.34. The van der Waals surface area contributed by atoms with Gasteiger partial charge in [0.1, 0.15) is 0 Å². The van der Waals surface area contributed by atoms with Gasteiger partial charge in [-0.3, -0.25) is 4.79 Å². The number of hydrogen-bond acceptors (Lipinski definition) is 3. The maximum Gasteiger partial charge on any atom is 0.223 e. The molecule has 17 heavy (non-hydrogen) atoms. The molecule has 4 heteroatoms. The summed E-state index contributed by atoms with van der Waals surface area (Å²) in [4.78, 5) is 12.1. The second-order valence-corrected chi connectivity index (χ2v) is 5.41. The Morgan fingerprint density at radius 3 is 2.76 bits per heavy atom. The van der Waals surface area contributed by atoms with Gasteiger partial charge in [-0.25, -0.2) is 0 Å². The van der Waals surface area contributed by atoms with Crippen LogP contribution in [0.5, 0.6) is 0 Å². The maximum atomic E-state index is 12.1. The van der Waals surface area contributed by atoms with Gasteiger partial charge in [0.05, 0.1) is 12.1 Å². The van der Waals surface area contributed by atoms with E-state index in [-0.39, 0.29) is 29.9 Å². The molecule has 1 saturated heterocycles. The van der Waals surface area contributed by atoms with Crippen LogP contribution in [0.25, 0.3) is 0 Å². The van der Waals surface area contributed by atoms with Gasteiger partial charge in [-0.15, -0.1) is 0 Å². The summed E-state index contributed by atoms with van der Waals surface area (Å²) in [5.74, 6) is 0.439. The lowest BCUT2D eigenvalue weighted by atomic mass is 9.87. The van der Waals surface area contributed by atoms with Crippen molar-refractivity contribution in [2.75, 3.05) is 13.2 Å². The van der Waals surface area contributed by atoms with Gasteiger partial charge in [0.25, 0.3) is 0 Å². The summed E-state index contributed by atoms with van der Waals surface area (Å²) in [6, 6.07) is -0.0358. The van der Waals surface area contributed by atoms with Crippen LogP contribution < -0.4 is 5.32 Å². The molecule has 0 aromatic carbocycles. The summed E-state index contributed by atoms with van der Waals surface area (Å²) in [6.45, 7) is 3.40. The number of ether oxygens (including phenoxy) is 1. The van der Waals surface area contributed by atoms with Crippen LogP contribution >= 0.6 is 0 Å². The van der Waals surface area contributed by atoms with Crippen LogP contribution in [0.4, 0.5) is 0 Å². The van der Waals surface area contributed by atoms with Crippen LogP contribution in [0.3, 0.4) is 0 Å². The van der Waals surface area contributed by atoms with E-state index in [1.807, 2.05) is 0 Å². The molecule has 0 radical (unpaired) electrons. The number of nitrogens with one attached hydrogen (secondary N) is 1. The first-order valence-electron chi connectivity index (χ1n) is 6.74. The monoisotopic (exact) mass is 241 g/mol. The van der Waals surface area contributed by atoms with Crippen molar-refractivity contribution < 1.29 is 14.6 Å². The molecule has 4 nitrogen and oxygen atoms in total. The molecule has 1 aliphatic heterocycles. The highest BCUT2D eigenvalue weighted by Gasteiger charge is 2.31. The van der Waals surface area contributed by atoms with Gasteiger partial charge in [-0.2, -0.15) is 0 Å². The predicted molar refractivity (Wildman–Crippen MR) is 64.5 cm³/mol. The van der Waals surface area contributed by atoms with E-state index in [0.29, 0.717) is 13.2 Å². The fraction of sp³-hybridized carbons (Fsp3) is 0.923. The molecule has 2 rings (SSSR count). The number of hydrogen-bond donors (Lipinski definition) is 2. The van der Waals surface area contributed by atoms with Gasteiger partial charge in [-0.05, 0) is 25.2 Å². The lowest BCUT2D eigenvalue weighted by molar-refractivity contribution is -0.132. The molecule has 4 atom stereocenters. The quantitative estimate of drug-likeness (QED) is 0.760. The van der Waals surface area contributed by atoms with E-state index in [4.69, 9.17) is 4.74 Å². The SMILES string of the molecule is CC1COCCC1C(=O)N[C@H]1CCCC[C@@H]1O. The Kier molecular flexibility index (Phi) is 4.40. The summed E-state index contributed by atoms with van der Waals surface area (Å²) in [7, 11) is 0. The number of carbonyl (C=O) groups excluding carboxylic acids is 1. The molecular formula is C13H23NO3. The number of aliphatic hydroxyl groups is 1. The molecule has 0 aromatic rings. The highest BCUT2D eigenvalue weighted by atomic mass is 16.5. The first-order valence-corrected chi connectivity index (χ1v) is 6.74. The minimum Gasteiger partial charge on any atom is -0.391 e. The van der Waals surface area contributed by atoms with Crippen LogP contribution in [0.2, 0.25) is 0 Å². The van der Waals surface area contributed by atoms with Crippen molar-refractivity contribution in [2.45, 2.75) is 51.2 Å². The van der Waals surface area contributed by atoms with Gasteiger partial charge in [0.15, 0.2) is 0 Å². The van der Waals surface area contributed by atoms with E-state index in [2.05, 4.69) is 12.2 Å². The molecule has 2 aliphatic rings. The fourth-order valence-electron chi connectivity index (χ4n) is 2.84. The molecule has 0 bridgehead atoms. The normalized spacial score (nSPS) is 38.7. The highest BCUT2D eigenvalue weighted by Crippen LogP contribution is 2.23. The Balaban J connectivity index is 1.86. The van der Waals surface area contributed by atoms with Crippen molar-refractivity contribution in [1.82, 2.24) is 5.32 Å². The minimum atomic E-state index is -0.358. The third-order valence-corrected chi connectivity index (χ3v) is 4.03. The molecule has 1 aliphatic carbocycles. The van der Waals surface area contributed by atoms with Crippen molar-refractivity contribution in [3.8, 4) is 0 Å². The number of amides is 1. The zero-order valence-corrected chi connectivity index (χ0v) is 10.5. The molecule has 0 aromatic heterocycles. The molecule has 1 amide bonds. The third kappa shape index (κ3) is 3.19. The van der Waals surface area contributed by atoms with E-state index < -0.39 is 0 Å². The predicted octanol–water partition coefficient (Wildman–Crippen LogP) is 1.08. The van der Waals surface area contributed by atoms with Crippen LogP contribution in [0, 0.1) is 11.8 Å². The second kappa shape index (κ2) is 5.83. The van der Waals surface area contributed by atoms with Gasteiger partial charge < -0.3 is 15.2 Å². The van der Waals surface area contributed by atoms with Crippen molar-refractivity contribution in [1.29, 1.82) is 0 Å². The van der Waals surface area contributed by atoms with Gasteiger partial charge in [0, 0.05) is 19.1 Å². The lowest BCUT2D eigenvalue weighted by Gasteiger charge is -2.33. The van der Waals surface area contributed by atoms with E-state index in [0.717, 1.165) is 32.1 Å². The van der Waals surface area contributed by atoms with Crippen molar-refractivity contribution in [2.24, 2.45) is 11.8 Å². The summed E-state index contributed by atoms with van der Waals surface area (Å²) in [5.41, 5.74) is 0. The molecule has 2 fully saturated rings. The molecular weight excluding hydrogens is 218 g/mol. The average molecular weight is 241 g/mol. The van der Waals surface area contributed by atoms with E-state index in [1.54, 1.807) is 0 Å². The molecule has 98 valence electrons. The highest BCUT2D eigenvalue weighted by molar-refractivity contribution is 5.79. The Bertz CT molecular complexity index is 269. The summed E-state index contributed by atoms with van der Waals surface area (Å²) >= 11 is 0. The molecule has 2 N–H and O–H groups in total. The van der Waals surface area contributed by atoms with Crippen molar-refractivity contribution in [3.05, 3.63) is 0 Å². The smallest absolute Gasteiger partial charge is 0.223 e. The first-order chi connectivity index (χ1) is 8.18. The number of carbonyl (C=O) groups is 1. The Hall–Kier alpha value is -0.610. The fourth-order valence-corrected chi connectivity index (χ4v) is 2.84. The largest absolute Gasteiger partial charge is 0.391 e. The first kappa shape index (κ1) is 12.8. The topological polar surface area (TPSA) is 58.6 Å². The Morgan fingerprint density at radius 1 is 1.29 bits per heavy atom. The zero-order chi connectivity index (χ0) is 12.3. The van der Waals surface area contributed by atoms with Gasteiger partial charge in [-0.1, -0.05) is 19.8 Å². The standard InChI is InChI=1S/C13H23NO3/c1-9-8-17-7-6-10(9)13(16)14-11-4-2-3-5-12(11)15/h9-12,15H,2-8H2,1H3,(H,14,16)/t9?,10?,11-,12-/m0/s1. The van der Waals surface area contributed by atoms with Crippen LogP contribution in [0.15, 0.2) is 0 Å². The Morgan fingerprint density at radius 2 is 2.06 bits per heavy atom. The van der Waals surface area contributed by atoms with Crippen LogP contribution in [-0.4, -0.2) is 36.4 Å². The number of rotatable bonds is 2. The van der Waals surface area contributed by atoms with E-state index in [9.17, 15) is 9.90 Å². The third-order valence-electron chi connectivity index (χ3n) is 4.03. The zero-order valence-electron chi connectivity index (χ0n) is 10.5. The van der Waals surface area contributed by atoms with Crippen molar-refractivity contribution >= 4 is 5.91 Å². The van der Waals surface area contributed by atoms with Crippen LogP contribution in [-0.2, 0) is 9.53 Å². The summed E-state index contributed by atoms with van der Waals surface area (Å²) in [6.07, 6.45) is 4.34. The average Bonchev–Trinajstić information content (AvgIpc) is 2.32. The minimum absolute atomic E-state index is 0.0358. The molecule has 0 spiro atoms. The molecule has 2 unspecified atom stereocenters. The number of aliphatic hydroxyl groups excluding tert-OH is 1. The summed E-state index contributed by atoms with van der Waals surface area (Å²) in [5, 5.41) is 12.9. The Labute approximate surface area is 103 Å². The van der Waals surface area contributed by atoms with Crippen LogP contribution in [0.1, 0.15) is 39.0 Å². The molecule has 1 heterocycles. The lowest BCUT2D eigenvalue weighted by Crippen LogP contribution is -2.49. The van der Waals surface area contributed by atoms with E-state index in [1.165, 1.54) is 0 Å². The second-order valence-electron chi connectivity index (χ2n) is 5.41. The van der Waals surface area contributed by atoms with Gasteiger partial charge >= 0.3 is 0 Å². The van der Waals surface area contributed by atoms with E-state index >= 15 is 0 Å². The maximum absolute atomic E-state index is 12.1. The van der Waals surface area contributed by atoms with Crippen molar-refractivity contribution in [3.63, 3.8) is 0 Å². The molecule has 1 saturated carbocycles. The van der Waals surface area contributed by atoms with Gasteiger partial charge in [0.2, 0.25) is 5.91 Å².